The third kappa shape index (κ3) is 4.36. The number of hydrogen-bond acceptors (Lipinski definition) is 6. The van der Waals surface area contributed by atoms with E-state index in [4.69, 9.17) is 9.26 Å². The molecule has 1 amide bonds. The van der Waals surface area contributed by atoms with Crippen LogP contribution in [0.15, 0.2) is 28.8 Å². The van der Waals surface area contributed by atoms with Gasteiger partial charge < -0.3 is 19.5 Å². The van der Waals surface area contributed by atoms with Crippen LogP contribution in [0.25, 0.3) is 0 Å². The number of nitrogens with one attached hydrogen (secondary N) is 1. The largest absolute Gasteiger partial charge is 0.378 e. The highest BCUT2D eigenvalue weighted by molar-refractivity contribution is 5.94. The zero-order valence-electron chi connectivity index (χ0n) is 14.9. The first-order chi connectivity index (χ1) is 12.0. The molecule has 2 aromatic rings. The topological polar surface area (TPSA) is 80.5 Å². The molecule has 1 aromatic carbocycles. The van der Waals surface area contributed by atoms with Gasteiger partial charge in [0.1, 0.15) is 0 Å². The first kappa shape index (κ1) is 17.4. The Morgan fingerprint density at radius 1 is 1.24 bits per heavy atom. The third-order valence-electron chi connectivity index (χ3n) is 4.10. The van der Waals surface area contributed by atoms with E-state index in [1.54, 1.807) is 0 Å². The predicted molar refractivity (Wildman–Crippen MR) is 93.4 cm³/mol. The van der Waals surface area contributed by atoms with Gasteiger partial charge in [0.2, 0.25) is 5.89 Å². The predicted octanol–water partition coefficient (Wildman–Crippen LogP) is 2.49. The Bertz CT molecular complexity index is 703. The number of ether oxygens (including phenoxy) is 1. The van der Waals surface area contributed by atoms with Gasteiger partial charge in [-0.2, -0.15) is 4.98 Å². The lowest BCUT2D eigenvalue weighted by atomic mass is 10.1. The summed E-state index contributed by atoms with van der Waals surface area (Å²) < 4.78 is 10.8. The van der Waals surface area contributed by atoms with Crippen LogP contribution in [0.4, 0.5) is 5.69 Å². The van der Waals surface area contributed by atoms with Gasteiger partial charge in [-0.1, -0.05) is 12.1 Å². The number of morpholine rings is 1. The monoisotopic (exact) mass is 344 g/mol. The highest BCUT2D eigenvalue weighted by Gasteiger charge is 2.26. The summed E-state index contributed by atoms with van der Waals surface area (Å²) in [6, 6.07) is 7.45. The Hall–Kier alpha value is -2.41. The molecule has 1 saturated heterocycles. The van der Waals surface area contributed by atoms with Gasteiger partial charge >= 0.3 is 0 Å². The fourth-order valence-electron chi connectivity index (χ4n) is 2.94. The lowest BCUT2D eigenvalue weighted by Gasteiger charge is -2.35. The minimum absolute atomic E-state index is 0.0410. The van der Waals surface area contributed by atoms with Crippen molar-refractivity contribution in [2.24, 2.45) is 0 Å². The van der Waals surface area contributed by atoms with Crippen LogP contribution < -0.4 is 5.32 Å². The van der Waals surface area contributed by atoms with Crippen molar-refractivity contribution in [1.82, 2.24) is 15.0 Å². The molecule has 0 radical (unpaired) electrons. The second kappa shape index (κ2) is 7.65. The smallest absolute Gasteiger partial charge is 0.254 e. The van der Waals surface area contributed by atoms with E-state index < -0.39 is 0 Å². The van der Waals surface area contributed by atoms with E-state index in [2.05, 4.69) is 15.5 Å². The quantitative estimate of drug-likeness (QED) is 0.897. The second-order valence-electron chi connectivity index (χ2n) is 6.36. The molecule has 0 saturated carbocycles. The van der Waals surface area contributed by atoms with Crippen molar-refractivity contribution in [2.75, 3.05) is 18.4 Å². The number of carbonyl (C=O) groups excluding carboxylic acids is 1. The molecule has 1 aliphatic heterocycles. The SMILES string of the molecule is CCc1nc(CNc2ccc(C(=O)N3CC(C)OC(C)C3)cc2)no1. The van der Waals surface area contributed by atoms with Crippen LogP contribution in [-0.2, 0) is 17.7 Å². The first-order valence-corrected chi connectivity index (χ1v) is 8.65. The normalized spacial score (nSPS) is 20.5. The minimum atomic E-state index is 0.0410. The molecule has 0 aliphatic carbocycles. The van der Waals surface area contributed by atoms with E-state index in [9.17, 15) is 4.79 Å². The Labute approximate surface area is 147 Å². The molecule has 0 bridgehead atoms. The molecule has 25 heavy (non-hydrogen) atoms. The summed E-state index contributed by atoms with van der Waals surface area (Å²) in [4.78, 5) is 18.7. The minimum Gasteiger partial charge on any atom is -0.378 e. The van der Waals surface area contributed by atoms with Gasteiger partial charge in [-0.15, -0.1) is 0 Å². The Kier molecular flexibility index (Phi) is 5.33. The summed E-state index contributed by atoms with van der Waals surface area (Å²) in [7, 11) is 0. The van der Waals surface area contributed by atoms with Crippen molar-refractivity contribution >= 4 is 11.6 Å². The summed E-state index contributed by atoms with van der Waals surface area (Å²) in [5.41, 5.74) is 1.59. The van der Waals surface area contributed by atoms with Gasteiger partial charge in [0.05, 0.1) is 18.8 Å². The van der Waals surface area contributed by atoms with E-state index in [0.29, 0.717) is 36.9 Å². The van der Waals surface area contributed by atoms with Gasteiger partial charge in [-0.05, 0) is 38.1 Å². The maximum Gasteiger partial charge on any atom is 0.254 e. The molecule has 2 heterocycles. The molecule has 0 spiro atoms. The highest BCUT2D eigenvalue weighted by Crippen LogP contribution is 2.16. The number of aromatic nitrogens is 2. The molecular weight excluding hydrogens is 320 g/mol. The molecule has 1 fully saturated rings. The second-order valence-corrected chi connectivity index (χ2v) is 6.36. The van der Waals surface area contributed by atoms with Crippen molar-refractivity contribution in [3.63, 3.8) is 0 Å². The summed E-state index contributed by atoms with van der Waals surface area (Å²) >= 11 is 0. The lowest BCUT2D eigenvalue weighted by Crippen LogP contribution is -2.48. The number of rotatable bonds is 5. The van der Waals surface area contributed by atoms with Crippen molar-refractivity contribution in [1.29, 1.82) is 0 Å². The molecule has 7 heteroatoms. The molecule has 2 unspecified atom stereocenters. The molecule has 1 aliphatic rings. The zero-order chi connectivity index (χ0) is 17.8. The van der Waals surface area contributed by atoms with Crippen molar-refractivity contribution in [2.45, 2.75) is 45.9 Å². The summed E-state index contributed by atoms with van der Waals surface area (Å²) in [5, 5.41) is 7.13. The van der Waals surface area contributed by atoms with E-state index in [-0.39, 0.29) is 18.1 Å². The van der Waals surface area contributed by atoms with Gasteiger partial charge in [-0.25, -0.2) is 0 Å². The number of benzene rings is 1. The van der Waals surface area contributed by atoms with Crippen LogP contribution in [0.2, 0.25) is 0 Å². The maximum atomic E-state index is 12.6. The number of carbonyl (C=O) groups is 1. The van der Waals surface area contributed by atoms with Crippen LogP contribution in [0.3, 0.4) is 0 Å². The van der Waals surface area contributed by atoms with Gasteiger partial charge in [0, 0.05) is 30.8 Å². The van der Waals surface area contributed by atoms with Crippen LogP contribution in [0, 0.1) is 0 Å². The van der Waals surface area contributed by atoms with Gasteiger partial charge in [-0.3, -0.25) is 4.79 Å². The molecule has 2 atom stereocenters. The lowest BCUT2D eigenvalue weighted by molar-refractivity contribution is -0.0586. The molecule has 3 rings (SSSR count). The molecule has 134 valence electrons. The third-order valence-corrected chi connectivity index (χ3v) is 4.10. The summed E-state index contributed by atoms with van der Waals surface area (Å²) in [6.07, 6.45) is 0.857. The Morgan fingerprint density at radius 3 is 2.52 bits per heavy atom. The van der Waals surface area contributed by atoms with E-state index in [1.165, 1.54) is 0 Å². The Balaban J connectivity index is 1.58. The van der Waals surface area contributed by atoms with Crippen molar-refractivity contribution in [3.05, 3.63) is 41.5 Å². The van der Waals surface area contributed by atoms with Crippen LogP contribution in [-0.4, -0.2) is 46.2 Å². The highest BCUT2D eigenvalue weighted by atomic mass is 16.5. The van der Waals surface area contributed by atoms with Crippen LogP contribution >= 0.6 is 0 Å². The van der Waals surface area contributed by atoms with E-state index in [0.717, 1.165) is 12.1 Å². The molecular formula is C18H24N4O3. The first-order valence-electron chi connectivity index (χ1n) is 8.65. The fourth-order valence-corrected chi connectivity index (χ4v) is 2.94. The van der Waals surface area contributed by atoms with E-state index >= 15 is 0 Å². The van der Waals surface area contributed by atoms with Crippen LogP contribution in [0.1, 0.15) is 42.8 Å². The number of amides is 1. The fraction of sp³-hybridized carbons (Fsp3) is 0.500. The van der Waals surface area contributed by atoms with Crippen molar-refractivity contribution in [3.8, 4) is 0 Å². The van der Waals surface area contributed by atoms with Gasteiger partial charge in [0.15, 0.2) is 5.82 Å². The standard InChI is InChI=1S/C18H24N4O3/c1-4-17-20-16(21-25-17)9-19-15-7-5-14(6-8-15)18(23)22-10-12(2)24-13(3)11-22/h5-8,12-13,19H,4,9-11H2,1-3H3. The average Bonchev–Trinajstić information content (AvgIpc) is 3.07. The Morgan fingerprint density at radius 2 is 1.92 bits per heavy atom. The van der Waals surface area contributed by atoms with Crippen LogP contribution in [0.5, 0.6) is 0 Å². The number of anilines is 1. The number of hydrogen-bond donors (Lipinski definition) is 1. The average molecular weight is 344 g/mol. The molecule has 1 aromatic heterocycles. The molecule has 1 N–H and O–H groups in total. The summed E-state index contributed by atoms with van der Waals surface area (Å²) in [6.45, 7) is 7.68. The van der Waals surface area contributed by atoms with E-state index in [1.807, 2.05) is 49.9 Å². The zero-order valence-corrected chi connectivity index (χ0v) is 14.9. The summed E-state index contributed by atoms with van der Waals surface area (Å²) in [5.74, 6) is 1.29. The number of aryl methyl sites for hydroxylation is 1. The molecule has 7 nitrogen and oxygen atoms in total. The maximum absolute atomic E-state index is 12.6. The van der Waals surface area contributed by atoms with Gasteiger partial charge in [0.25, 0.3) is 5.91 Å². The van der Waals surface area contributed by atoms with Crippen molar-refractivity contribution < 1.29 is 14.1 Å². The number of nitrogens with zero attached hydrogens (tertiary/aromatic N) is 3.